The molecule has 0 atom stereocenters. The van der Waals surface area contributed by atoms with E-state index in [0.29, 0.717) is 0 Å². The molecule has 0 aliphatic rings. The Kier molecular flexibility index (Phi) is 3.32. The van der Waals surface area contributed by atoms with Gasteiger partial charge in [0.05, 0.1) is 5.56 Å². The molecule has 2 aromatic heterocycles. The molecule has 2 heterocycles. The van der Waals surface area contributed by atoms with Crippen LogP contribution in [0.15, 0.2) is 18.3 Å². The van der Waals surface area contributed by atoms with E-state index in [1.165, 1.54) is 12.1 Å². The summed E-state index contributed by atoms with van der Waals surface area (Å²) in [6.07, 6.45) is -0.972. The molecule has 71 valence electrons. The number of nitrogens with one attached hydrogen (secondary N) is 1. The van der Waals surface area contributed by atoms with E-state index in [1.807, 2.05) is 0 Å². The van der Waals surface area contributed by atoms with Crippen LogP contribution < -0.4 is 0 Å². The molecule has 0 fully saturated rings. The Hall–Kier alpha value is -0.416. The third kappa shape index (κ3) is 1.98. The predicted octanol–water partition coefficient (Wildman–Crippen LogP) is 2.38. The Labute approximate surface area is 103 Å². The Balaban J connectivity index is 0.000000980. The molecule has 0 amide bonds. The van der Waals surface area contributed by atoms with Crippen LogP contribution in [-0.2, 0) is 38.9 Å². The molecule has 0 spiro atoms. The summed E-state index contributed by atoms with van der Waals surface area (Å²) in [6, 6.07) is 2.69. The number of hydrogen-bond acceptors (Lipinski definition) is 1. The van der Waals surface area contributed by atoms with E-state index >= 15 is 0 Å². The van der Waals surface area contributed by atoms with E-state index in [0.717, 1.165) is 6.20 Å². The number of rotatable bonds is 0. The number of pyridine rings is 1. The van der Waals surface area contributed by atoms with Gasteiger partial charge >= 0.3 is 6.18 Å². The average Bonchev–Trinajstić information content (AvgIpc) is 2.45. The fourth-order valence-corrected chi connectivity index (χ4v) is 1.14. The van der Waals surface area contributed by atoms with Crippen molar-refractivity contribution in [1.29, 1.82) is 0 Å². The van der Waals surface area contributed by atoms with Crippen LogP contribution in [-0.4, -0.2) is 9.97 Å². The summed E-state index contributed by atoms with van der Waals surface area (Å²) in [4.78, 5) is 6.07. The molecule has 0 saturated heterocycles. The number of fused-ring (bicyclic) bond motifs is 1. The summed E-state index contributed by atoms with van der Waals surface area (Å²) in [6.45, 7) is 0. The summed E-state index contributed by atoms with van der Waals surface area (Å²) in [5.41, 5.74) is -0.487. The zero-order chi connectivity index (χ0) is 9.47. The smallest absolute Gasteiger partial charge is 0.398 e. The van der Waals surface area contributed by atoms with Crippen molar-refractivity contribution in [3.05, 3.63) is 30.1 Å². The van der Waals surface area contributed by atoms with Crippen LogP contribution in [0.3, 0.4) is 0 Å². The van der Waals surface area contributed by atoms with Gasteiger partial charge in [-0.05, 0) is 0 Å². The first kappa shape index (κ1) is 11.7. The van der Waals surface area contributed by atoms with Crippen LogP contribution in [0.2, 0.25) is 0 Å². The van der Waals surface area contributed by atoms with Crippen LogP contribution in [0, 0.1) is 6.20 Å². The maximum atomic E-state index is 12.3. The summed E-state index contributed by atoms with van der Waals surface area (Å²) in [5, 5.41) is 0.0752. The third-order valence-corrected chi connectivity index (χ3v) is 1.70. The van der Waals surface area contributed by atoms with Gasteiger partial charge in [-0.3, -0.25) is 0 Å². The number of alkyl halides is 3. The van der Waals surface area contributed by atoms with E-state index in [-0.39, 0.29) is 43.7 Å². The van der Waals surface area contributed by atoms with E-state index in [1.54, 1.807) is 0 Å². The summed E-state index contributed by atoms with van der Waals surface area (Å²) >= 11 is 0. The first-order valence-electron chi connectivity index (χ1n) is 3.50. The standard InChI is InChI=1S/C8H4F3N2.Y/c9-8(10,11)6-4-13-7-5(6)2-1-3-12-7;/h1-2,4H,(H,12,13);/q-1;. The largest absolute Gasteiger partial charge is 0.416 e. The second-order valence-corrected chi connectivity index (χ2v) is 2.54. The SMILES string of the molecule is FC(F)(F)c1c[nH]c2n[c-]ccc12.[Y]. The molecule has 2 aromatic rings. The van der Waals surface area contributed by atoms with Gasteiger partial charge in [-0.1, -0.05) is 11.6 Å². The molecule has 0 unspecified atom stereocenters. The first-order valence-corrected chi connectivity index (χ1v) is 3.50. The number of nitrogens with zero attached hydrogens (tertiary/aromatic N) is 1. The van der Waals surface area contributed by atoms with Crippen molar-refractivity contribution in [2.24, 2.45) is 0 Å². The number of aromatic amines is 1. The summed E-state index contributed by atoms with van der Waals surface area (Å²) < 4.78 is 36.9. The van der Waals surface area contributed by atoms with E-state index in [9.17, 15) is 13.2 Å². The van der Waals surface area contributed by atoms with Crippen molar-refractivity contribution < 1.29 is 45.9 Å². The number of aromatic nitrogens is 2. The molecule has 1 radical (unpaired) electrons. The van der Waals surface area contributed by atoms with Crippen LogP contribution in [0.1, 0.15) is 5.56 Å². The quantitative estimate of drug-likeness (QED) is 0.734. The Morgan fingerprint density at radius 1 is 1.36 bits per heavy atom. The third-order valence-electron chi connectivity index (χ3n) is 1.70. The van der Waals surface area contributed by atoms with Crippen molar-refractivity contribution in [2.45, 2.75) is 6.18 Å². The van der Waals surface area contributed by atoms with Gasteiger partial charge in [0.25, 0.3) is 0 Å². The van der Waals surface area contributed by atoms with Crippen LogP contribution in [0.25, 0.3) is 11.0 Å². The Morgan fingerprint density at radius 3 is 2.71 bits per heavy atom. The Bertz CT molecular complexity index is 435. The van der Waals surface area contributed by atoms with Gasteiger partial charge in [0.2, 0.25) is 0 Å². The average molecular weight is 274 g/mol. The number of hydrogen-bond donors (Lipinski definition) is 1. The topological polar surface area (TPSA) is 28.7 Å². The van der Waals surface area contributed by atoms with Crippen LogP contribution in [0.5, 0.6) is 0 Å². The molecule has 0 aliphatic carbocycles. The van der Waals surface area contributed by atoms with Gasteiger partial charge in [-0.25, -0.2) is 0 Å². The van der Waals surface area contributed by atoms with E-state index < -0.39 is 11.7 Å². The fraction of sp³-hybridized carbons (Fsp3) is 0.125. The molecular weight excluding hydrogens is 270 g/mol. The number of H-pyrrole nitrogens is 1. The van der Waals surface area contributed by atoms with Gasteiger partial charge in [-0.15, -0.1) is 0 Å². The van der Waals surface area contributed by atoms with Gasteiger partial charge < -0.3 is 9.97 Å². The molecule has 0 saturated carbocycles. The minimum atomic E-state index is -4.33. The number of halogens is 3. The van der Waals surface area contributed by atoms with Crippen molar-refractivity contribution in [3.63, 3.8) is 0 Å². The van der Waals surface area contributed by atoms with Gasteiger partial charge in [-0.2, -0.15) is 25.3 Å². The summed E-state index contributed by atoms with van der Waals surface area (Å²) in [7, 11) is 0. The first-order chi connectivity index (χ1) is 6.09. The van der Waals surface area contributed by atoms with Gasteiger partial charge in [0.15, 0.2) is 0 Å². The normalized spacial score (nSPS) is 11.4. The zero-order valence-electron chi connectivity index (χ0n) is 6.89. The molecule has 2 nitrogen and oxygen atoms in total. The molecule has 2 rings (SSSR count). The summed E-state index contributed by atoms with van der Waals surface area (Å²) in [5.74, 6) is 0. The molecule has 1 N–H and O–H groups in total. The predicted molar refractivity (Wildman–Crippen MR) is 39.9 cm³/mol. The van der Waals surface area contributed by atoms with Crippen molar-refractivity contribution in [1.82, 2.24) is 9.97 Å². The molecule has 6 heteroatoms. The van der Waals surface area contributed by atoms with Crippen molar-refractivity contribution >= 4 is 11.0 Å². The monoisotopic (exact) mass is 274 g/mol. The van der Waals surface area contributed by atoms with E-state index in [2.05, 4.69) is 16.2 Å². The second-order valence-electron chi connectivity index (χ2n) is 2.54. The molecule has 0 aromatic carbocycles. The molecule has 14 heavy (non-hydrogen) atoms. The van der Waals surface area contributed by atoms with E-state index in [4.69, 9.17) is 0 Å². The van der Waals surface area contributed by atoms with Gasteiger partial charge in [0, 0.05) is 44.6 Å². The zero-order valence-corrected chi connectivity index (χ0v) is 9.73. The molecule has 0 bridgehead atoms. The van der Waals surface area contributed by atoms with Crippen molar-refractivity contribution in [2.75, 3.05) is 0 Å². The van der Waals surface area contributed by atoms with Crippen molar-refractivity contribution in [3.8, 4) is 0 Å². The fourth-order valence-electron chi connectivity index (χ4n) is 1.14. The maximum absolute atomic E-state index is 12.3. The Morgan fingerprint density at radius 2 is 2.07 bits per heavy atom. The minimum absolute atomic E-state index is 0. The maximum Gasteiger partial charge on any atom is 0.416 e. The second kappa shape index (κ2) is 3.99. The molecular formula is C8H4F3N2Y-. The van der Waals surface area contributed by atoms with Gasteiger partial charge in [0.1, 0.15) is 0 Å². The minimum Gasteiger partial charge on any atom is -0.398 e. The molecule has 0 aliphatic heterocycles. The van der Waals surface area contributed by atoms with Crippen LogP contribution >= 0.6 is 0 Å². The van der Waals surface area contributed by atoms with Crippen LogP contribution in [0.4, 0.5) is 13.2 Å².